The van der Waals surface area contributed by atoms with Crippen molar-refractivity contribution in [3.63, 3.8) is 0 Å². The first-order valence-corrected chi connectivity index (χ1v) is 10.2. The Labute approximate surface area is 163 Å². The number of nitrogens with zero attached hydrogens (tertiary/aromatic N) is 4. The number of para-hydroxylation sites is 1. The molecule has 0 spiro atoms. The second-order valence-corrected chi connectivity index (χ2v) is 7.87. The Morgan fingerprint density at radius 2 is 1.96 bits per heavy atom. The molecular weight excluding hydrogens is 354 g/mol. The van der Waals surface area contributed by atoms with E-state index in [1.165, 1.54) is 19.3 Å². The van der Waals surface area contributed by atoms with Crippen molar-refractivity contribution in [3.05, 3.63) is 36.4 Å². The number of fused-ring (bicyclic) bond motifs is 1. The van der Waals surface area contributed by atoms with E-state index in [1.807, 2.05) is 35.0 Å². The molecule has 1 N–H and O–H groups in total. The number of carbonyl (C=O) groups is 1. The van der Waals surface area contributed by atoms with Crippen LogP contribution in [0.4, 0.5) is 0 Å². The van der Waals surface area contributed by atoms with Gasteiger partial charge in [-0.3, -0.25) is 9.69 Å². The highest BCUT2D eigenvalue weighted by Gasteiger charge is 2.24. The SMILES string of the molecule is O=C(Cn1cc(-c2nnc(CN3CCCCC3)o2)c2ccccc21)NC1CC1. The Balaban J connectivity index is 1.40. The first-order chi connectivity index (χ1) is 13.8. The van der Waals surface area contributed by atoms with Crippen LogP contribution in [0.5, 0.6) is 0 Å². The van der Waals surface area contributed by atoms with Crippen molar-refractivity contribution in [2.45, 2.75) is 51.2 Å². The van der Waals surface area contributed by atoms with Gasteiger partial charge >= 0.3 is 0 Å². The van der Waals surface area contributed by atoms with Gasteiger partial charge in [-0.05, 0) is 44.8 Å². The Kier molecular flexibility index (Phi) is 4.60. The number of benzene rings is 1. The fourth-order valence-electron chi connectivity index (χ4n) is 3.94. The Hall–Kier alpha value is -2.67. The molecule has 2 aliphatic rings. The molecule has 3 aromatic rings. The van der Waals surface area contributed by atoms with Gasteiger partial charge in [0.25, 0.3) is 0 Å². The molecule has 3 heterocycles. The van der Waals surface area contributed by atoms with Crippen LogP contribution in [0.2, 0.25) is 0 Å². The molecule has 1 aliphatic heterocycles. The first-order valence-electron chi connectivity index (χ1n) is 10.2. The molecule has 0 unspecified atom stereocenters. The van der Waals surface area contributed by atoms with Crippen molar-refractivity contribution in [1.29, 1.82) is 0 Å². The second kappa shape index (κ2) is 7.39. The summed E-state index contributed by atoms with van der Waals surface area (Å²) < 4.78 is 7.96. The topological polar surface area (TPSA) is 76.2 Å². The van der Waals surface area contributed by atoms with Gasteiger partial charge in [0.2, 0.25) is 17.7 Å². The minimum Gasteiger partial charge on any atom is -0.419 e. The van der Waals surface area contributed by atoms with E-state index in [0.717, 1.165) is 42.4 Å². The van der Waals surface area contributed by atoms with Crippen molar-refractivity contribution < 1.29 is 9.21 Å². The van der Waals surface area contributed by atoms with Crippen molar-refractivity contribution in [1.82, 2.24) is 25.0 Å². The highest BCUT2D eigenvalue weighted by Crippen LogP contribution is 2.30. The first kappa shape index (κ1) is 17.4. The van der Waals surface area contributed by atoms with Crippen LogP contribution in [0.15, 0.2) is 34.9 Å². The smallest absolute Gasteiger partial charge is 0.249 e. The van der Waals surface area contributed by atoms with Crippen molar-refractivity contribution >= 4 is 16.8 Å². The van der Waals surface area contributed by atoms with Crippen LogP contribution in [0.25, 0.3) is 22.4 Å². The summed E-state index contributed by atoms with van der Waals surface area (Å²) in [6.07, 6.45) is 7.90. The van der Waals surface area contributed by atoms with Crippen molar-refractivity contribution in [2.75, 3.05) is 13.1 Å². The third-order valence-corrected chi connectivity index (χ3v) is 5.55. The standard InChI is InChI=1S/C21H25N5O2/c27-19(22-15-8-9-15)13-26-12-17(16-6-2-3-7-18(16)26)21-24-23-20(28-21)14-25-10-4-1-5-11-25/h2-3,6-7,12,15H,1,4-5,8-11,13-14H2,(H,22,27). The van der Waals surface area contributed by atoms with E-state index in [2.05, 4.69) is 20.4 Å². The fourth-order valence-corrected chi connectivity index (χ4v) is 3.94. The number of likely N-dealkylation sites (tertiary alicyclic amines) is 1. The van der Waals surface area contributed by atoms with Gasteiger partial charge in [0, 0.05) is 23.1 Å². The second-order valence-electron chi connectivity index (χ2n) is 7.87. The van der Waals surface area contributed by atoms with Crippen LogP contribution in [0.1, 0.15) is 38.0 Å². The van der Waals surface area contributed by atoms with E-state index in [9.17, 15) is 4.79 Å². The normalized spacial score (nSPS) is 17.9. The average Bonchev–Trinajstić information content (AvgIpc) is 3.28. The summed E-state index contributed by atoms with van der Waals surface area (Å²) in [6, 6.07) is 8.40. The van der Waals surface area contributed by atoms with E-state index in [1.54, 1.807) is 0 Å². The minimum atomic E-state index is 0.0473. The molecule has 1 aromatic carbocycles. The fraction of sp³-hybridized carbons (Fsp3) is 0.476. The molecule has 7 nitrogen and oxygen atoms in total. The molecule has 0 atom stereocenters. The summed E-state index contributed by atoms with van der Waals surface area (Å²) in [4.78, 5) is 14.7. The number of hydrogen-bond acceptors (Lipinski definition) is 5. The molecule has 28 heavy (non-hydrogen) atoms. The van der Waals surface area contributed by atoms with Gasteiger partial charge in [-0.25, -0.2) is 0 Å². The number of rotatable bonds is 6. The zero-order chi connectivity index (χ0) is 18.9. The lowest BCUT2D eigenvalue weighted by atomic mass is 10.1. The lowest BCUT2D eigenvalue weighted by Crippen LogP contribution is -2.29. The molecule has 2 fully saturated rings. The lowest BCUT2D eigenvalue weighted by Gasteiger charge is -2.24. The summed E-state index contributed by atoms with van der Waals surface area (Å²) in [5.41, 5.74) is 1.88. The summed E-state index contributed by atoms with van der Waals surface area (Å²) in [6.45, 7) is 3.18. The van der Waals surface area contributed by atoms with Gasteiger partial charge in [0.15, 0.2) is 0 Å². The predicted molar refractivity (Wildman–Crippen MR) is 106 cm³/mol. The highest BCUT2D eigenvalue weighted by molar-refractivity contribution is 5.94. The molecular formula is C21H25N5O2. The van der Waals surface area contributed by atoms with Gasteiger partial charge in [-0.15, -0.1) is 10.2 Å². The monoisotopic (exact) mass is 379 g/mol. The number of hydrogen-bond donors (Lipinski definition) is 1. The lowest BCUT2D eigenvalue weighted by molar-refractivity contribution is -0.121. The molecule has 5 rings (SSSR count). The van der Waals surface area contributed by atoms with Gasteiger partial charge in [-0.2, -0.15) is 0 Å². The Bertz CT molecular complexity index is 982. The third-order valence-electron chi connectivity index (χ3n) is 5.55. The summed E-state index contributed by atoms with van der Waals surface area (Å²) in [7, 11) is 0. The van der Waals surface area contributed by atoms with Crippen LogP contribution < -0.4 is 5.32 Å². The molecule has 0 radical (unpaired) electrons. The van der Waals surface area contributed by atoms with Gasteiger partial charge in [0.1, 0.15) is 6.54 Å². The van der Waals surface area contributed by atoms with E-state index >= 15 is 0 Å². The maximum atomic E-state index is 12.3. The summed E-state index contributed by atoms with van der Waals surface area (Å²) in [5, 5.41) is 12.6. The highest BCUT2D eigenvalue weighted by atomic mass is 16.4. The minimum absolute atomic E-state index is 0.0473. The summed E-state index contributed by atoms with van der Waals surface area (Å²) in [5.74, 6) is 1.22. The zero-order valence-electron chi connectivity index (χ0n) is 15.9. The van der Waals surface area contributed by atoms with Gasteiger partial charge in [-0.1, -0.05) is 24.6 Å². The number of nitrogens with one attached hydrogen (secondary N) is 1. The predicted octanol–water partition coefficient (Wildman–Crippen LogP) is 2.96. The van der Waals surface area contributed by atoms with E-state index < -0.39 is 0 Å². The zero-order valence-corrected chi connectivity index (χ0v) is 15.9. The van der Waals surface area contributed by atoms with Gasteiger partial charge in [0.05, 0.1) is 12.1 Å². The Morgan fingerprint density at radius 3 is 2.79 bits per heavy atom. The van der Waals surface area contributed by atoms with Crippen molar-refractivity contribution in [3.8, 4) is 11.5 Å². The van der Waals surface area contributed by atoms with Crippen LogP contribution in [-0.2, 0) is 17.9 Å². The van der Waals surface area contributed by atoms with Crippen LogP contribution in [-0.4, -0.2) is 44.7 Å². The molecule has 1 saturated carbocycles. The third kappa shape index (κ3) is 3.67. The molecule has 1 saturated heterocycles. The average molecular weight is 379 g/mol. The van der Waals surface area contributed by atoms with E-state index in [4.69, 9.17) is 4.42 Å². The maximum absolute atomic E-state index is 12.3. The van der Waals surface area contributed by atoms with Crippen LogP contribution in [0.3, 0.4) is 0 Å². The number of piperidine rings is 1. The maximum Gasteiger partial charge on any atom is 0.249 e. The molecule has 146 valence electrons. The molecule has 1 aliphatic carbocycles. The van der Waals surface area contributed by atoms with Gasteiger partial charge < -0.3 is 14.3 Å². The molecule has 7 heteroatoms. The molecule has 1 amide bonds. The number of amides is 1. The number of aromatic nitrogens is 3. The number of carbonyl (C=O) groups excluding carboxylic acids is 1. The van der Waals surface area contributed by atoms with Crippen molar-refractivity contribution in [2.24, 2.45) is 0 Å². The van der Waals surface area contributed by atoms with E-state index in [0.29, 0.717) is 30.9 Å². The Morgan fingerprint density at radius 1 is 1.14 bits per heavy atom. The van der Waals surface area contributed by atoms with E-state index in [-0.39, 0.29) is 5.91 Å². The largest absolute Gasteiger partial charge is 0.419 e. The summed E-state index contributed by atoms with van der Waals surface area (Å²) >= 11 is 0. The molecule has 0 bridgehead atoms. The van der Waals surface area contributed by atoms with Crippen LogP contribution in [0, 0.1) is 0 Å². The molecule has 2 aromatic heterocycles. The van der Waals surface area contributed by atoms with Crippen LogP contribution >= 0.6 is 0 Å². The quantitative estimate of drug-likeness (QED) is 0.713.